The van der Waals surface area contributed by atoms with Gasteiger partial charge in [0.05, 0.1) is 0 Å². The lowest BCUT2D eigenvalue weighted by Gasteiger charge is -2.20. The van der Waals surface area contributed by atoms with E-state index in [2.05, 4.69) is 41.7 Å². The van der Waals surface area contributed by atoms with E-state index in [4.69, 9.17) is 10.5 Å². The molecule has 2 rings (SSSR count). The lowest BCUT2D eigenvalue weighted by molar-refractivity contribution is 0.0524. The van der Waals surface area contributed by atoms with Gasteiger partial charge in [0.25, 0.3) is 0 Å². The number of nitrogens with one attached hydrogen (secondary N) is 1. The second-order valence-electron chi connectivity index (χ2n) is 6.91. The first-order valence-corrected chi connectivity index (χ1v) is 8.20. The Balaban J connectivity index is 1.84. The summed E-state index contributed by atoms with van der Waals surface area (Å²) in [6.07, 6.45) is 0.266. The number of carbonyl (C=O) groups is 1. The molecule has 0 aliphatic heterocycles. The third-order valence-electron chi connectivity index (χ3n) is 3.47. The van der Waals surface area contributed by atoms with E-state index < -0.39 is 11.7 Å². The molecular formula is C20H26N2O2. The van der Waals surface area contributed by atoms with Gasteiger partial charge in [-0.15, -0.1) is 0 Å². The Kier molecular flexibility index (Phi) is 5.99. The maximum absolute atomic E-state index is 11.6. The van der Waals surface area contributed by atoms with Crippen LogP contribution < -0.4 is 11.1 Å². The number of ether oxygens (including phenoxy) is 1. The van der Waals surface area contributed by atoms with Gasteiger partial charge in [-0.3, -0.25) is 0 Å². The number of nitrogens with two attached hydrogens (primary N) is 1. The van der Waals surface area contributed by atoms with Crippen LogP contribution in [0, 0.1) is 0 Å². The van der Waals surface area contributed by atoms with Crippen LogP contribution in [-0.2, 0) is 11.2 Å². The molecule has 0 aliphatic rings. The Morgan fingerprint density at radius 1 is 1.04 bits per heavy atom. The van der Waals surface area contributed by atoms with Gasteiger partial charge in [-0.1, -0.05) is 54.6 Å². The van der Waals surface area contributed by atoms with E-state index in [1.54, 1.807) is 0 Å². The molecule has 128 valence electrons. The molecule has 0 saturated carbocycles. The topological polar surface area (TPSA) is 64.3 Å². The molecule has 2 aromatic rings. The number of carbonyl (C=O) groups excluding carboxylic acids is 1. The maximum Gasteiger partial charge on any atom is 0.407 e. The SMILES string of the molecule is CC(C)(C)OC(=O)NCC(N)Cc1ccc(-c2ccccc2)cc1. The lowest BCUT2D eigenvalue weighted by atomic mass is 10.0. The van der Waals surface area contributed by atoms with Gasteiger partial charge in [-0.25, -0.2) is 4.79 Å². The van der Waals surface area contributed by atoms with Crippen molar-refractivity contribution < 1.29 is 9.53 Å². The van der Waals surface area contributed by atoms with Crippen molar-refractivity contribution >= 4 is 6.09 Å². The molecule has 2 aromatic carbocycles. The van der Waals surface area contributed by atoms with Gasteiger partial charge in [0.15, 0.2) is 0 Å². The van der Waals surface area contributed by atoms with Crippen LogP contribution in [0.25, 0.3) is 11.1 Å². The van der Waals surface area contributed by atoms with Gasteiger partial charge < -0.3 is 15.8 Å². The zero-order valence-electron chi connectivity index (χ0n) is 14.6. The standard InChI is InChI=1S/C20H26N2O2/c1-20(2,3)24-19(23)22-14-18(21)13-15-9-11-17(12-10-15)16-7-5-4-6-8-16/h4-12,18H,13-14,21H2,1-3H3,(H,22,23). The molecule has 0 spiro atoms. The molecular weight excluding hydrogens is 300 g/mol. The molecule has 1 amide bonds. The molecule has 0 radical (unpaired) electrons. The number of benzene rings is 2. The van der Waals surface area contributed by atoms with Crippen LogP contribution in [0.4, 0.5) is 4.79 Å². The van der Waals surface area contributed by atoms with Gasteiger partial charge >= 0.3 is 6.09 Å². The summed E-state index contributed by atoms with van der Waals surface area (Å²) in [4.78, 5) is 11.6. The lowest BCUT2D eigenvalue weighted by Crippen LogP contribution is -2.41. The van der Waals surface area contributed by atoms with Gasteiger partial charge in [0.1, 0.15) is 5.60 Å². The molecule has 1 atom stereocenters. The average Bonchev–Trinajstić information content (AvgIpc) is 2.53. The van der Waals surface area contributed by atoms with E-state index in [1.165, 1.54) is 11.1 Å². The van der Waals surface area contributed by atoms with Crippen molar-refractivity contribution in [2.45, 2.75) is 38.8 Å². The van der Waals surface area contributed by atoms with Crippen molar-refractivity contribution in [3.8, 4) is 11.1 Å². The highest BCUT2D eigenvalue weighted by molar-refractivity contribution is 5.67. The average molecular weight is 326 g/mol. The van der Waals surface area contributed by atoms with Crippen molar-refractivity contribution in [1.29, 1.82) is 0 Å². The summed E-state index contributed by atoms with van der Waals surface area (Å²) in [5.74, 6) is 0. The predicted octanol–water partition coefficient (Wildman–Crippen LogP) is 3.75. The Morgan fingerprint density at radius 2 is 1.62 bits per heavy atom. The fourth-order valence-electron chi connectivity index (χ4n) is 2.37. The monoisotopic (exact) mass is 326 g/mol. The Hall–Kier alpha value is -2.33. The smallest absolute Gasteiger partial charge is 0.407 e. The minimum atomic E-state index is -0.499. The molecule has 0 aliphatic carbocycles. The van der Waals surface area contributed by atoms with E-state index >= 15 is 0 Å². The van der Waals surface area contributed by atoms with E-state index in [1.807, 2.05) is 39.0 Å². The highest BCUT2D eigenvalue weighted by Crippen LogP contribution is 2.19. The van der Waals surface area contributed by atoms with E-state index in [0.717, 1.165) is 5.56 Å². The first-order valence-electron chi connectivity index (χ1n) is 8.20. The van der Waals surface area contributed by atoms with Crippen molar-refractivity contribution in [1.82, 2.24) is 5.32 Å². The summed E-state index contributed by atoms with van der Waals surface area (Å²) in [5.41, 5.74) is 9.12. The minimum absolute atomic E-state index is 0.153. The molecule has 0 aromatic heterocycles. The fourth-order valence-corrected chi connectivity index (χ4v) is 2.37. The molecule has 0 heterocycles. The Morgan fingerprint density at radius 3 is 2.21 bits per heavy atom. The van der Waals surface area contributed by atoms with Crippen LogP contribution in [0.1, 0.15) is 26.3 Å². The quantitative estimate of drug-likeness (QED) is 0.879. The van der Waals surface area contributed by atoms with Crippen LogP contribution >= 0.6 is 0 Å². The van der Waals surface area contributed by atoms with Gasteiger partial charge in [0, 0.05) is 12.6 Å². The van der Waals surface area contributed by atoms with E-state index in [0.29, 0.717) is 13.0 Å². The minimum Gasteiger partial charge on any atom is -0.444 e. The van der Waals surface area contributed by atoms with E-state index in [9.17, 15) is 4.79 Å². The third kappa shape index (κ3) is 6.05. The number of rotatable bonds is 5. The Labute approximate surface area is 144 Å². The maximum atomic E-state index is 11.6. The van der Waals surface area contributed by atoms with Gasteiger partial charge in [-0.05, 0) is 43.9 Å². The predicted molar refractivity (Wildman–Crippen MR) is 97.8 cm³/mol. The molecule has 24 heavy (non-hydrogen) atoms. The zero-order chi connectivity index (χ0) is 17.6. The highest BCUT2D eigenvalue weighted by atomic mass is 16.6. The summed E-state index contributed by atoms with van der Waals surface area (Å²) in [5, 5.41) is 2.71. The van der Waals surface area contributed by atoms with Crippen LogP contribution in [0.3, 0.4) is 0 Å². The largest absolute Gasteiger partial charge is 0.444 e. The number of hydrogen-bond acceptors (Lipinski definition) is 3. The second kappa shape index (κ2) is 7.97. The first-order chi connectivity index (χ1) is 11.3. The van der Waals surface area contributed by atoms with Crippen molar-refractivity contribution in [2.75, 3.05) is 6.54 Å². The Bertz CT molecular complexity index is 646. The molecule has 0 fully saturated rings. The fraction of sp³-hybridized carbons (Fsp3) is 0.350. The summed E-state index contributed by atoms with van der Waals surface area (Å²) in [6.45, 7) is 5.89. The summed E-state index contributed by atoms with van der Waals surface area (Å²) < 4.78 is 5.20. The second-order valence-corrected chi connectivity index (χ2v) is 6.91. The van der Waals surface area contributed by atoms with Crippen molar-refractivity contribution in [3.05, 3.63) is 60.2 Å². The molecule has 0 bridgehead atoms. The van der Waals surface area contributed by atoms with Crippen LogP contribution in [-0.4, -0.2) is 24.3 Å². The third-order valence-corrected chi connectivity index (χ3v) is 3.47. The van der Waals surface area contributed by atoms with E-state index in [-0.39, 0.29) is 6.04 Å². The van der Waals surface area contributed by atoms with Gasteiger partial charge in [0.2, 0.25) is 0 Å². The molecule has 1 unspecified atom stereocenters. The van der Waals surface area contributed by atoms with Crippen LogP contribution in [0.5, 0.6) is 0 Å². The summed E-state index contributed by atoms with van der Waals surface area (Å²) in [7, 11) is 0. The van der Waals surface area contributed by atoms with Gasteiger partial charge in [-0.2, -0.15) is 0 Å². The summed E-state index contributed by atoms with van der Waals surface area (Å²) in [6, 6.07) is 18.4. The molecule has 0 saturated heterocycles. The van der Waals surface area contributed by atoms with Crippen molar-refractivity contribution in [2.24, 2.45) is 5.73 Å². The number of hydrogen-bond donors (Lipinski definition) is 2. The number of amides is 1. The summed E-state index contributed by atoms with van der Waals surface area (Å²) >= 11 is 0. The van der Waals surface area contributed by atoms with Crippen LogP contribution in [0.2, 0.25) is 0 Å². The first kappa shape index (κ1) is 18.0. The molecule has 4 nitrogen and oxygen atoms in total. The van der Waals surface area contributed by atoms with Crippen LogP contribution in [0.15, 0.2) is 54.6 Å². The molecule has 3 N–H and O–H groups in total. The van der Waals surface area contributed by atoms with Crippen molar-refractivity contribution in [3.63, 3.8) is 0 Å². The normalized spacial score (nSPS) is 12.5. The zero-order valence-corrected chi connectivity index (χ0v) is 14.6. The molecule has 4 heteroatoms. The highest BCUT2D eigenvalue weighted by Gasteiger charge is 2.16. The number of alkyl carbamates (subject to hydrolysis) is 1.